The Morgan fingerprint density at radius 2 is 2.21 bits per heavy atom. The van der Waals surface area contributed by atoms with E-state index in [0.717, 1.165) is 24.4 Å². The van der Waals surface area contributed by atoms with Crippen molar-refractivity contribution in [2.75, 3.05) is 5.73 Å². The third kappa shape index (κ3) is 2.56. The minimum absolute atomic E-state index is 0.637. The van der Waals surface area contributed by atoms with Gasteiger partial charge in [-0.3, -0.25) is 0 Å². The predicted octanol–water partition coefficient (Wildman–Crippen LogP) is 2.77. The highest BCUT2D eigenvalue weighted by Crippen LogP contribution is 2.31. The molecule has 5 nitrogen and oxygen atoms in total. The van der Waals surface area contributed by atoms with Crippen molar-refractivity contribution in [3.05, 3.63) is 23.2 Å². The van der Waals surface area contributed by atoms with Gasteiger partial charge in [-0.05, 0) is 41.0 Å². The number of benzene rings is 1. The van der Waals surface area contributed by atoms with Crippen LogP contribution in [0.3, 0.4) is 0 Å². The molecule has 2 aromatic rings. The molecule has 2 N–H and O–H groups in total. The number of nitrogens with two attached hydrogens (primary N) is 1. The molecule has 0 aliphatic heterocycles. The third-order valence-corrected chi connectivity index (χ3v) is 4.00. The fourth-order valence-electron chi connectivity index (χ4n) is 2.36. The van der Waals surface area contributed by atoms with Crippen LogP contribution in [-0.2, 0) is 6.54 Å². The van der Waals surface area contributed by atoms with Gasteiger partial charge in [0.2, 0.25) is 0 Å². The highest BCUT2D eigenvalue weighted by Gasteiger charge is 2.19. The maximum Gasteiger partial charge on any atom is 0.184 e. The molecule has 1 aromatic heterocycles. The monoisotopic (exact) mass is 277 g/mol. The number of anilines is 1. The average Bonchev–Trinajstić information content (AvgIpc) is 2.78. The Morgan fingerprint density at radius 1 is 1.37 bits per heavy atom. The number of aryl methyl sites for hydroxylation is 1. The first kappa shape index (κ1) is 12.4. The minimum atomic E-state index is 0.637. The van der Waals surface area contributed by atoms with E-state index in [-0.39, 0.29) is 0 Å². The van der Waals surface area contributed by atoms with E-state index in [0.29, 0.717) is 16.5 Å². The summed E-state index contributed by atoms with van der Waals surface area (Å²) in [5, 5.41) is 12.5. The van der Waals surface area contributed by atoms with Crippen LogP contribution in [0, 0.1) is 5.92 Å². The first-order chi connectivity index (χ1) is 9.24. The zero-order valence-corrected chi connectivity index (χ0v) is 11.3. The second-order valence-corrected chi connectivity index (χ2v) is 5.48. The molecular weight excluding hydrogens is 262 g/mol. The van der Waals surface area contributed by atoms with Crippen molar-refractivity contribution in [2.45, 2.75) is 32.2 Å². The topological polar surface area (TPSA) is 69.6 Å². The number of halogens is 1. The van der Waals surface area contributed by atoms with Gasteiger partial charge in [-0.2, -0.15) is 0 Å². The molecule has 6 heteroatoms. The third-order valence-electron chi connectivity index (χ3n) is 3.76. The highest BCUT2D eigenvalue weighted by atomic mass is 35.5. The molecule has 0 saturated heterocycles. The molecular formula is C13H16ClN5. The predicted molar refractivity (Wildman–Crippen MR) is 74.6 cm³/mol. The second kappa shape index (κ2) is 5.17. The van der Waals surface area contributed by atoms with Crippen LogP contribution in [-0.4, -0.2) is 20.2 Å². The fourth-order valence-corrected chi connectivity index (χ4v) is 2.53. The van der Waals surface area contributed by atoms with Crippen LogP contribution in [0.2, 0.25) is 5.02 Å². The smallest absolute Gasteiger partial charge is 0.184 e. The SMILES string of the molecule is Nc1ccc(Cl)cc1-c1nnnn1CCC1CCC1. The molecule has 1 saturated carbocycles. The first-order valence-electron chi connectivity index (χ1n) is 6.55. The van der Waals surface area contributed by atoms with Crippen LogP contribution in [0.5, 0.6) is 0 Å². The summed E-state index contributed by atoms with van der Waals surface area (Å²) < 4.78 is 1.82. The molecule has 0 radical (unpaired) electrons. The van der Waals surface area contributed by atoms with Crippen molar-refractivity contribution < 1.29 is 0 Å². The molecule has 1 aliphatic carbocycles. The van der Waals surface area contributed by atoms with Crippen molar-refractivity contribution in [1.82, 2.24) is 20.2 Å². The normalized spacial score (nSPS) is 15.4. The zero-order chi connectivity index (χ0) is 13.2. The van der Waals surface area contributed by atoms with Gasteiger partial charge in [0.25, 0.3) is 0 Å². The lowest BCUT2D eigenvalue weighted by Gasteiger charge is -2.25. The van der Waals surface area contributed by atoms with E-state index in [2.05, 4.69) is 15.5 Å². The molecule has 100 valence electrons. The standard InChI is InChI=1S/C13H16ClN5/c14-10-4-5-12(15)11(8-10)13-16-17-18-19(13)7-6-9-2-1-3-9/h4-5,8-9H,1-3,6-7,15H2. The van der Waals surface area contributed by atoms with Gasteiger partial charge in [0, 0.05) is 22.8 Å². The molecule has 0 bridgehead atoms. The number of hydrogen-bond donors (Lipinski definition) is 1. The molecule has 0 spiro atoms. The zero-order valence-electron chi connectivity index (χ0n) is 10.6. The summed E-state index contributed by atoms with van der Waals surface area (Å²) in [7, 11) is 0. The van der Waals surface area contributed by atoms with Crippen LogP contribution >= 0.6 is 11.6 Å². The number of hydrogen-bond acceptors (Lipinski definition) is 4. The maximum atomic E-state index is 6.01. The summed E-state index contributed by atoms with van der Waals surface area (Å²) in [5.41, 5.74) is 7.42. The lowest BCUT2D eigenvalue weighted by atomic mass is 9.83. The van der Waals surface area contributed by atoms with E-state index in [1.54, 1.807) is 12.1 Å². The van der Waals surface area contributed by atoms with Gasteiger partial charge in [0.05, 0.1) is 0 Å². The molecule has 0 unspecified atom stereocenters. The van der Waals surface area contributed by atoms with Gasteiger partial charge in [-0.15, -0.1) is 5.10 Å². The summed E-state index contributed by atoms with van der Waals surface area (Å²) in [4.78, 5) is 0. The molecule has 1 heterocycles. The van der Waals surface area contributed by atoms with E-state index in [9.17, 15) is 0 Å². The Morgan fingerprint density at radius 3 is 2.95 bits per heavy atom. The second-order valence-electron chi connectivity index (χ2n) is 5.04. The molecule has 1 aliphatic rings. The van der Waals surface area contributed by atoms with E-state index >= 15 is 0 Å². The summed E-state index contributed by atoms with van der Waals surface area (Å²) in [6, 6.07) is 5.36. The molecule has 19 heavy (non-hydrogen) atoms. The minimum Gasteiger partial charge on any atom is -0.398 e. The van der Waals surface area contributed by atoms with E-state index in [1.807, 2.05) is 10.7 Å². The maximum absolute atomic E-state index is 6.01. The van der Waals surface area contributed by atoms with Crippen molar-refractivity contribution >= 4 is 17.3 Å². The summed E-state index contributed by atoms with van der Waals surface area (Å²) in [6.45, 7) is 0.832. The summed E-state index contributed by atoms with van der Waals surface area (Å²) in [6.07, 6.45) is 5.14. The van der Waals surface area contributed by atoms with Crippen LogP contribution < -0.4 is 5.73 Å². The summed E-state index contributed by atoms with van der Waals surface area (Å²) >= 11 is 6.01. The summed E-state index contributed by atoms with van der Waals surface area (Å²) in [5.74, 6) is 1.52. The Hall–Kier alpha value is -1.62. The number of tetrazole rings is 1. The lowest BCUT2D eigenvalue weighted by molar-refractivity contribution is 0.277. The van der Waals surface area contributed by atoms with Crippen LogP contribution in [0.15, 0.2) is 18.2 Å². The van der Waals surface area contributed by atoms with Gasteiger partial charge >= 0.3 is 0 Å². The number of rotatable bonds is 4. The van der Waals surface area contributed by atoms with Gasteiger partial charge in [0.15, 0.2) is 5.82 Å². The highest BCUT2D eigenvalue weighted by molar-refractivity contribution is 6.31. The van der Waals surface area contributed by atoms with Crippen molar-refractivity contribution in [1.29, 1.82) is 0 Å². The molecule has 0 atom stereocenters. The van der Waals surface area contributed by atoms with E-state index < -0.39 is 0 Å². The Bertz CT molecular complexity index is 576. The fraction of sp³-hybridized carbons (Fsp3) is 0.462. The van der Waals surface area contributed by atoms with Crippen LogP contribution in [0.4, 0.5) is 5.69 Å². The van der Waals surface area contributed by atoms with Crippen LogP contribution in [0.1, 0.15) is 25.7 Å². The first-order valence-corrected chi connectivity index (χ1v) is 6.93. The van der Waals surface area contributed by atoms with Gasteiger partial charge in [-0.1, -0.05) is 30.9 Å². The Balaban J connectivity index is 1.83. The van der Waals surface area contributed by atoms with E-state index in [4.69, 9.17) is 17.3 Å². The van der Waals surface area contributed by atoms with Gasteiger partial charge in [0.1, 0.15) is 0 Å². The van der Waals surface area contributed by atoms with Crippen molar-refractivity contribution in [3.63, 3.8) is 0 Å². The number of nitrogens with zero attached hydrogens (tertiary/aromatic N) is 4. The molecule has 3 rings (SSSR count). The Kier molecular flexibility index (Phi) is 3.38. The Labute approximate surface area is 116 Å². The lowest BCUT2D eigenvalue weighted by Crippen LogP contribution is -2.15. The number of aromatic nitrogens is 4. The van der Waals surface area contributed by atoms with Gasteiger partial charge < -0.3 is 5.73 Å². The van der Waals surface area contributed by atoms with Crippen molar-refractivity contribution in [3.8, 4) is 11.4 Å². The average molecular weight is 278 g/mol. The molecule has 0 amide bonds. The van der Waals surface area contributed by atoms with Crippen molar-refractivity contribution in [2.24, 2.45) is 5.92 Å². The molecule has 1 fully saturated rings. The van der Waals surface area contributed by atoms with Gasteiger partial charge in [-0.25, -0.2) is 4.68 Å². The van der Waals surface area contributed by atoms with E-state index in [1.165, 1.54) is 19.3 Å². The largest absolute Gasteiger partial charge is 0.398 e. The number of nitrogen functional groups attached to an aromatic ring is 1. The quantitative estimate of drug-likeness (QED) is 0.873. The molecule has 1 aromatic carbocycles. The van der Waals surface area contributed by atoms with Crippen LogP contribution in [0.25, 0.3) is 11.4 Å².